The maximum atomic E-state index is 12.1. The van der Waals surface area contributed by atoms with Crippen LogP contribution in [0, 0.1) is 0 Å². The van der Waals surface area contributed by atoms with E-state index in [4.69, 9.17) is 0 Å². The molecule has 0 aliphatic rings. The van der Waals surface area contributed by atoms with Gasteiger partial charge < -0.3 is 10.6 Å². The van der Waals surface area contributed by atoms with Crippen molar-refractivity contribution >= 4 is 40.0 Å². The molecule has 0 fully saturated rings. The number of halogens is 1. The minimum atomic E-state index is -3.40. The molecule has 0 radical (unpaired) electrons. The van der Waals surface area contributed by atoms with E-state index in [1.165, 1.54) is 24.0 Å². The molecule has 2 rings (SSSR count). The van der Waals surface area contributed by atoms with Crippen molar-refractivity contribution in [2.24, 2.45) is 4.99 Å². The van der Waals surface area contributed by atoms with Gasteiger partial charge in [0.2, 0.25) is 10.0 Å². The Balaban J connectivity index is 0.00000420. The number of benzene rings is 2. The SMILES string of the molecule is CN=C(NCc1ccc(S(=O)(=O)N(C)C)cc1)NC(C)CCc1ccccc1.I. The van der Waals surface area contributed by atoms with E-state index in [0.717, 1.165) is 24.4 Å². The Morgan fingerprint density at radius 1 is 1.03 bits per heavy atom. The van der Waals surface area contributed by atoms with Crippen LogP contribution < -0.4 is 10.6 Å². The van der Waals surface area contributed by atoms with Gasteiger partial charge in [-0.15, -0.1) is 24.0 Å². The summed E-state index contributed by atoms with van der Waals surface area (Å²) in [6.45, 7) is 2.70. The van der Waals surface area contributed by atoms with Gasteiger partial charge in [-0.25, -0.2) is 12.7 Å². The maximum absolute atomic E-state index is 12.1. The summed E-state index contributed by atoms with van der Waals surface area (Å²) >= 11 is 0. The lowest BCUT2D eigenvalue weighted by molar-refractivity contribution is 0.520. The summed E-state index contributed by atoms with van der Waals surface area (Å²) in [4.78, 5) is 4.56. The van der Waals surface area contributed by atoms with E-state index in [2.05, 4.69) is 46.8 Å². The molecule has 1 unspecified atom stereocenters. The average molecular weight is 530 g/mol. The second-order valence-corrected chi connectivity index (χ2v) is 9.08. The number of guanidine groups is 1. The van der Waals surface area contributed by atoms with Gasteiger partial charge in [-0.2, -0.15) is 0 Å². The zero-order valence-electron chi connectivity index (χ0n) is 17.4. The molecule has 0 amide bonds. The molecule has 0 spiro atoms. The maximum Gasteiger partial charge on any atom is 0.242 e. The molecule has 8 heteroatoms. The molecule has 0 saturated carbocycles. The lowest BCUT2D eigenvalue weighted by Crippen LogP contribution is -2.42. The molecule has 0 aliphatic carbocycles. The van der Waals surface area contributed by atoms with Gasteiger partial charge in [0, 0.05) is 33.7 Å². The van der Waals surface area contributed by atoms with Crippen LogP contribution in [0.2, 0.25) is 0 Å². The second kappa shape index (κ2) is 12.1. The van der Waals surface area contributed by atoms with Crippen LogP contribution >= 0.6 is 24.0 Å². The van der Waals surface area contributed by atoms with Crippen molar-refractivity contribution in [2.75, 3.05) is 21.1 Å². The Bertz CT molecular complexity index is 869. The summed E-state index contributed by atoms with van der Waals surface area (Å²) in [5.41, 5.74) is 2.31. The monoisotopic (exact) mass is 530 g/mol. The fourth-order valence-corrected chi connectivity index (χ4v) is 3.61. The molecule has 0 aromatic heterocycles. The molecular formula is C21H31IN4O2S. The normalized spacial score (nSPS) is 12.9. The zero-order valence-corrected chi connectivity index (χ0v) is 20.6. The van der Waals surface area contributed by atoms with E-state index in [1.54, 1.807) is 19.2 Å². The van der Waals surface area contributed by atoms with Crippen LogP contribution in [0.25, 0.3) is 0 Å². The number of rotatable bonds is 8. The number of nitrogens with zero attached hydrogens (tertiary/aromatic N) is 2. The lowest BCUT2D eigenvalue weighted by atomic mass is 10.1. The van der Waals surface area contributed by atoms with Crippen LogP contribution in [0.15, 0.2) is 64.5 Å². The highest BCUT2D eigenvalue weighted by atomic mass is 127. The first-order valence-electron chi connectivity index (χ1n) is 9.35. The third kappa shape index (κ3) is 7.94. The van der Waals surface area contributed by atoms with E-state index in [9.17, 15) is 8.42 Å². The van der Waals surface area contributed by atoms with Gasteiger partial charge in [-0.3, -0.25) is 4.99 Å². The largest absolute Gasteiger partial charge is 0.354 e. The quantitative estimate of drug-likeness (QED) is 0.312. The van der Waals surface area contributed by atoms with E-state index >= 15 is 0 Å². The van der Waals surface area contributed by atoms with Crippen LogP contribution in [-0.2, 0) is 23.0 Å². The molecule has 2 aromatic carbocycles. The Hall–Kier alpha value is -1.65. The Morgan fingerprint density at radius 3 is 2.21 bits per heavy atom. The summed E-state index contributed by atoms with van der Waals surface area (Å²) in [6.07, 6.45) is 2.01. The highest BCUT2D eigenvalue weighted by molar-refractivity contribution is 14.0. The molecule has 0 aliphatic heterocycles. The minimum absolute atomic E-state index is 0. The Kier molecular flexibility index (Phi) is 10.6. The first-order valence-corrected chi connectivity index (χ1v) is 10.8. The number of hydrogen-bond acceptors (Lipinski definition) is 3. The van der Waals surface area contributed by atoms with Crippen LogP contribution in [0.4, 0.5) is 0 Å². The van der Waals surface area contributed by atoms with Gasteiger partial charge in [-0.05, 0) is 43.0 Å². The van der Waals surface area contributed by atoms with E-state index in [1.807, 2.05) is 18.2 Å². The van der Waals surface area contributed by atoms with Crippen molar-refractivity contribution in [3.63, 3.8) is 0 Å². The first-order chi connectivity index (χ1) is 13.3. The third-order valence-corrected chi connectivity index (χ3v) is 6.31. The fraction of sp³-hybridized carbons (Fsp3) is 0.381. The van der Waals surface area contributed by atoms with Gasteiger partial charge >= 0.3 is 0 Å². The Morgan fingerprint density at radius 2 is 1.66 bits per heavy atom. The highest BCUT2D eigenvalue weighted by Crippen LogP contribution is 2.14. The molecule has 1 atom stereocenters. The van der Waals surface area contributed by atoms with Crippen molar-refractivity contribution in [1.29, 1.82) is 0 Å². The smallest absolute Gasteiger partial charge is 0.242 e. The van der Waals surface area contributed by atoms with E-state index < -0.39 is 10.0 Å². The van der Waals surface area contributed by atoms with E-state index in [-0.39, 0.29) is 30.0 Å². The van der Waals surface area contributed by atoms with Crippen molar-refractivity contribution in [1.82, 2.24) is 14.9 Å². The Labute approximate surface area is 191 Å². The predicted octanol–water partition coefficient (Wildman–Crippen LogP) is 3.24. The van der Waals surface area contributed by atoms with Crippen molar-refractivity contribution in [3.05, 3.63) is 65.7 Å². The number of nitrogens with one attached hydrogen (secondary N) is 2. The summed E-state index contributed by atoms with van der Waals surface area (Å²) < 4.78 is 25.5. The predicted molar refractivity (Wildman–Crippen MR) is 130 cm³/mol. The molecule has 29 heavy (non-hydrogen) atoms. The van der Waals surface area contributed by atoms with Gasteiger partial charge in [-0.1, -0.05) is 42.5 Å². The number of sulfonamides is 1. The molecule has 0 bridgehead atoms. The van der Waals surface area contributed by atoms with Crippen molar-refractivity contribution in [2.45, 2.75) is 37.2 Å². The minimum Gasteiger partial charge on any atom is -0.354 e. The van der Waals surface area contributed by atoms with Crippen LogP contribution in [-0.4, -0.2) is 45.9 Å². The van der Waals surface area contributed by atoms with Gasteiger partial charge in [0.05, 0.1) is 4.90 Å². The van der Waals surface area contributed by atoms with Crippen LogP contribution in [0.5, 0.6) is 0 Å². The molecule has 160 valence electrons. The van der Waals surface area contributed by atoms with Crippen LogP contribution in [0.3, 0.4) is 0 Å². The molecule has 0 heterocycles. The molecule has 2 N–H and O–H groups in total. The fourth-order valence-electron chi connectivity index (χ4n) is 2.70. The van der Waals surface area contributed by atoms with Crippen molar-refractivity contribution < 1.29 is 8.42 Å². The molecular weight excluding hydrogens is 499 g/mol. The van der Waals surface area contributed by atoms with Gasteiger partial charge in [0.25, 0.3) is 0 Å². The number of hydrogen-bond donors (Lipinski definition) is 2. The summed E-state index contributed by atoms with van der Waals surface area (Å²) in [7, 11) is 1.40. The van der Waals surface area contributed by atoms with Crippen molar-refractivity contribution in [3.8, 4) is 0 Å². The summed E-state index contributed by atoms with van der Waals surface area (Å²) in [6, 6.07) is 17.6. The first kappa shape index (κ1) is 25.4. The lowest BCUT2D eigenvalue weighted by Gasteiger charge is -2.18. The summed E-state index contributed by atoms with van der Waals surface area (Å²) in [5.74, 6) is 0.727. The third-order valence-electron chi connectivity index (χ3n) is 4.48. The molecule has 2 aromatic rings. The second-order valence-electron chi connectivity index (χ2n) is 6.93. The van der Waals surface area contributed by atoms with Gasteiger partial charge in [0.1, 0.15) is 0 Å². The molecule has 0 saturated heterocycles. The average Bonchev–Trinajstić information content (AvgIpc) is 2.70. The number of aliphatic imine (C=N–C) groups is 1. The van der Waals surface area contributed by atoms with E-state index in [0.29, 0.717) is 11.4 Å². The summed E-state index contributed by atoms with van der Waals surface area (Å²) in [5, 5.41) is 6.67. The van der Waals surface area contributed by atoms with Gasteiger partial charge in [0.15, 0.2) is 5.96 Å². The number of aryl methyl sites for hydroxylation is 1. The zero-order chi connectivity index (χ0) is 20.6. The highest BCUT2D eigenvalue weighted by Gasteiger charge is 2.16. The van der Waals surface area contributed by atoms with Crippen LogP contribution in [0.1, 0.15) is 24.5 Å². The molecule has 6 nitrogen and oxygen atoms in total. The topological polar surface area (TPSA) is 73.8 Å². The standard InChI is InChI=1S/C21H30N4O2S.HI/c1-17(10-11-18-8-6-5-7-9-18)24-21(22-2)23-16-19-12-14-20(15-13-19)28(26,27)25(3)4;/h5-9,12-15,17H,10-11,16H2,1-4H3,(H2,22,23,24);1H.